The summed E-state index contributed by atoms with van der Waals surface area (Å²) in [5.41, 5.74) is 0. The second-order valence-corrected chi connectivity index (χ2v) is 4.64. The van der Waals surface area contributed by atoms with Crippen molar-refractivity contribution in [2.24, 2.45) is 0 Å². The Labute approximate surface area is 117 Å². The number of ether oxygens (including phenoxy) is 2. The van der Waals surface area contributed by atoms with Gasteiger partial charge in [0.15, 0.2) is 0 Å². The molecule has 1 saturated heterocycles. The SMILES string of the molecule is [Br-].[Mg+][CH2]CCCCCCCC1OCCO1. The summed E-state index contributed by atoms with van der Waals surface area (Å²) in [4.78, 5) is 0. The van der Waals surface area contributed by atoms with Crippen LogP contribution in [0.2, 0.25) is 4.55 Å². The van der Waals surface area contributed by atoms with E-state index in [-0.39, 0.29) is 23.3 Å². The van der Waals surface area contributed by atoms with E-state index in [1.165, 1.54) is 43.1 Å². The summed E-state index contributed by atoms with van der Waals surface area (Å²) in [6, 6.07) is 0. The first kappa shape index (κ1) is 16.2. The molecule has 4 heteroatoms. The molecule has 0 N–H and O–H groups in total. The number of unbranched alkanes of at least 4 members (excludes halogenated alkanes) is 5. The molecule has 15 heavy (non-hydrogen) atoms. The van der Waals surface area contributed by atoms with Gasteiger partial charge in [0.25, 0.3) is 0 Å². The van der Waals surface area contributed by atoms with E-state index < -0.39 is 0 Å². The number of hydrogen-bond donors (Lipinski definition) is 0. The molecule has 0 aliphatic carbocycles. The summed E-state index contributed by atoms with van der Waals surface area (Å²) in [5.74, 6) is 0. The van der Waals surface area contributed by atoms with Crippen molar-refractivity contribution < 1.29 is 26.5 Å². The zero-order valence-corrected chi connectivity index (χ0v) is 12.6. The molecule has 1 aliphatic heterocycles. The van der Waals surface area contributed by atoms with E-state index >= 15 is 0 Å². The van der Waals surface area contributed by atoms with Gasteiger partial charge in [-0.25, -0.2) is 0 Å². The third-order valence-electron chi connectivity index (χ3n) is 2.63. The average molecular weight is 289 g/mol. The van der Waals surface area contributed by atoms with E-state index in [0.717, 1.165) is 19.6 Å². The van der Waals surface area contributed by atoms with Gasteiger partial charge in [0.2, 0.25) is 0 Å². The Kier molecular flexibility index (Phi) is 12.6. The Morgan fingerprint density at radius 3 is 2.00 bits per heavy atom. The third-order valence-corrected chi connectivity index (χ3v) is 3.13. The summed E-state index contributed by atoms with van der Waals surface area (Å²) in [5, 5.41) is 0. The van der Waals surface area contributed by atoms with E-state index in [9.17, 15) is 0 Å². The summed E-state index contributed by atoms with van der Waals surface area (Å²) in [7, 11) is 0. The van der Waals surface area contributed by atoms with Gasteiger partial charge in [-0.2, -0.15) is 0 Å². The van der Waals surface area contributed by atoms with Gasteiger partial charge in [-0.1, -0.05) is 0 Å². The van der Waals surface area contributed by atoms with Gasteiger partial charge in [-0.3, -0.25) is 0 Å². The van der Waals surface area contributed by atoms with Crippen LogP contribution in [-0.2, 0) is 9.47 Å². The fraction of sp³-hybridized carbons (Fsp3) is 1.00. The Morgan fingerprint density at radius 2 is 1.40 bits per heavy atom. The van der Waals surface area contributed by atoms with Crippen molar-refractivity contribution in [1.82, 2.24) is 0 Å². The Morgan fingerprint density at radius 1 is 0.867 bits per heavy atom. The van der Waals surface area contributed by atoms with Crippen molar-refractivity contribution in [1.29, 1.82) is 0 Å². The van der Waals surface area contributed by atoms with Gasteiger partial charge in [0.1, 0.15) is 0 Å². The third kappa shape index (κ3) is 8.92. The molecule has 0 unspecified atom stereocenters. The second kappa shape index (κ2) is 11.6. The summed E-state index contributed by atoms with van der Waals surface area (Å²) in [6.45, 7) is 1.59. The van der Waals surface area contributed by atoms with E-state index in [4.69, 9.17) is 9.47 Å². The minimum atomic E-state index is 0. The molecule has 0 radical (unpaired) electrons. The second-order valence-electron chi connectivity index (χ2n) is 3.93. The zero-order valence-electron chi connectivity index (χ0n) is 9.55. The number of rotatable bonds is 8. The predicted octanol–water partition coefficient (Wildman–Crippen LogP) is -0.319. The van der Waals surface area contributed by atoms with Crippen molar-refractivity contribution in [3.63, 3.8) is 0 Å². The van der Waals surface area contributed by atoms with Crippen molar-refractivity contribution in [3.05, 3.63) is 0 Å². The molecular weight excluding hydrogens is 268 g/mol. The molecule has 1 fully saturated rings. The van der Waals surface area contributed by atoms with Gasteiger partial charge >= 0.3 is 100 Å². The minimum absolute atomic E-state index is 0. The van der Waals surface area contributed by atoms with Gasteiger partial charge < -0.3 is 17.0 Å². The van der Waals surface area contributed by atoms with E-state index in [2.05, 4.69) is 21.7 Å². The Balaban J connectivity index is 0.00000196. The number of hydrogen-bond acceptors (Lipinski definition) is 2. The average Bonchev–Trinajstić information content (AvgIpc) is 2.69. The molecule has 0 aromatic heterocycles. The first-order chi connectivity index (χ1) is 6.93. The quantitative estimate of drug-likeness (QED) is 0.450. The van der Waals surface area contributed by atoms with Crippen LogP contribution >= 0.6 is 0 Å². The summed E-state index contributed by atoms with van der Waals surface area (Å²) in [6.07, 6.45) is 9.43. The summed E-state index contributed by atoms with van der Waals surface area (Å²) < 4.78 is 12.1. The van der Waals surface area contributed by atoms with E-state index in [0.29, 0.717) is 0 Å². The van der Waals surface area contributed by atoms with Crippen molar-refractivity contribution in [2.75, 3.05) is 13.2 Å². The molecule has 0 aromatic rings. The van der Waals surface area contributed by atoms with Crippen LogP contribution in [0.1, 0.15) is 44.9 Å². The van der Waals surface area contributed by atoms with Crippen LogP contribution in [0.3, 0.4) is 0 Å². The molecule has 2 nitrogen and oxygen atoms in total. The van der Waals surface area contributed by atoms with Crippen molar-refractivity contribution >= 4 is 21.7 Å². The zero-order chi connectivity index (χ0) is 10.1. The Bertz CT molecular complexity index is 130. The monoisotopic (exact) mass is 288 g/mol. The molecule has 0 atom stereocenters. The molecule has 0 bridgehead atoms. The van der Waals surface area contributed by atoms with Crippen LogP contribution in [0, 0.1) is 0 Å². The van der Waals surface area contributed by atoms with E-state index in [1.807, 2.05) is 0 Å². The topological polar surface area (TPSA) is 18.5 Å². The van der Waals surface area contributed by atoms with E-state index in [1.54, 1.807) is 0 Å². The molecule has 0 amide bonds. The fourth-order valence-corrected chi connectivity index (χ4v) is 2.12. The van der Waals surface area contributed by atoms with Gasteiger partial charge in [0.05, 0.1) is 0 Å². The van der Waals surface area contributed by atoms with Gasteiger partial charge in [-0.05, 0) is 0 Å². The Hall–Kier alpha value is 1.17. The molecule has 86 valence electrons. The molecule has 1 aliphatic rings. The van der Waals surface area contributed by atoms with Crippen LogP contribution in [0.25, 0.3) is 0 Å². The first-order valence-electron chi connectivity index (χ1n) is 5.96. The van der Waals surface area contributed by atoms with Crippen molar-refractivity contribution in [3.8, 4) is 0 Å². The van der Waals surface area contributed by atoms with Crippen LogP contribution in [0.15, 0.2) is 0 Å². The van der Waals surface area contributed by atoms with Crippen LogP contribution in [-0.4, -0.2) is 41.2 Å². The summed E-state index contributed by atoms with van der Waals surface area (Å²) >= 11 is 2.08. The maximum atomic E-state index is 5.38. The molecular formula is C11H21BrMgO2. The normalized spacial score (nSPS) is 16.7. The standard InChI is InChI=1S/C11H21O2.BrH.Mg/c1-2-3-4-5-6-7-8-11-12-9-10-13-11;;/h11H,1-10H2;1H;/q;;+1/p-1. The van der Waals surface area contributed by atoms with Crippen LogP contribution in [0.4, 0.5) is 0 Å². The van der Waals surface area contributed by atoms with Crippen LogP contribution < -0.4 is 17.0 Å². The predicted molar refractivity (Wildman–Crippen MR) is 58.6 cm³/mol. The molecule has 0 saturated carbocycles. The molecule has 1 heterocycles. The maximum absolute atomic E-state index is 5.38. The van der Waals surface area contributed by atoms with Crippen molar-refractivity contribution in [2.45, 2.75) is 55.8 Å². The van der Waals surface area contributed by atoms with Gasteiger partial charge in [0, 0.05) is 0 Å². The first-order valence-corrected chi connectivity index (χ1v) is 6.96. The molecule has 0 spiro atoms. The van der Waals surface area contributed by atoms with Gasteiger partial charge in [-0.15, -0.1) is 0 Å². The number of halogens is 1. The fourth-order valence-electron chi connectivity index (χ4n) is 1.77. The van der Waals surface area contributed by atoms with Crippen LogP contribution in [0.5, 0.6) is 0 Å². The molecule has 0 aromatic carbocycles. The molecule has 1 rings (SSSR count).